The van der Waals surface area contributed by atoms with Crippen molar-refractivity contribution in [3.8, 4) is 0 Å². The third kappa shape index (κ3) is 4.28. The van der Waals surface area contributed by atoms with Crippen molar-refractivity contribution in [1.82, 2.24) is 14.7 Å². The number of likely N-dealkylation sites (N-methyl/N-ethyl adjacent to an activating group) is 1. The van der Waals surface area contributed by atoms with Gasteiger partial charge in [0.2, 0.25) is 17.7 Å². The van der Waals surface area contributed by atoms with E-state index in [1.165, 1.54) is 0 Å². The fourth-order valence-corrected chi connectivity index (χ4v) is 8.87. The highest BCUT2D eigenvalue weighted by Gasteiger charge is 2.76. The number of aliphatic hydroxyl groups is 1. The van der Waals surface area contributed by atoms with Crippen LogP contribution < -0.4 is 0 Å². The van der Waals surface area contributed by atoms with Crippen molar-refractivity contribution in [2.75, 3.05) is 33.3 Å². The Morgan fingerprint density at radius 3 is 2.53 bits per heavy atom. The van der Waals surface area contributed by atoms with Crippen molar-refractivity contribution in [3.05, 3.63) is 61.2 Å². The van der Waals surface area contributed by atoms with Crippen LogP contribution in [0.1, 0.15) is 25.3 Å². The maximum Gasteiger partial charge on any atom is 0.247 e. The van der Waals surface area contributed by atoms with Crippen LogP contribution >= 0.6 is 11.8 Å². The number of fused-ring (bicyclic) bond motifs is 1. The van der Waals surface area contributed by atoms with E-state index in [4.69, 9.17) is 0 Å². The van der Waals surface area contributed by atoms with Crippen LogP contribution in [0.3, 0.4) is 0 Å². The van der Waals surface area contributed by atoms with Crippen molar-refractivity contribution in [1.29, 1.82) is 0 Å². The maximum atomic E-state index is 14.3. The molecule has 4 rings (SSSR count). The molecule has 6 atom stereocenters. The van der Waals surface area contributed by atoms with E-state index in [1.807, 2.05) is 30.3 Å². The summed E-state index contributed by atoms with van der Waals surface area (Å²) >= 11 is 1.68. The summed E-state index contributed by atoms with van der Waals surface area (Å²) in [5.41, 5.74) is 1.00. The minimum atomic E-state index is -0.683. The highest BCUT2D eigenvalue weighted by Crippen LogP contribution is 2.68. The van der Waals surface area contributed by atoms with Crippen molar-refractivity contribution in [2.45, 2.75) is 42.3 Å². The number of benzene rings is 1. The number of thioether (sulfide) groups is 1. The molecule has 3 heterocycles. The third-order valence-electron chi connectivity index (χ3n) is 7.98. The second-order valence-electron chi connectivity index (χ2n) is 10.2. The van der Waals surface area contributed by atoms with Crippen LogP contribution in [0, 0.1) is 17.8 Å². The van der Waals surface area contributed by atoms with E-state index in [-0.39, 0.29) is 35.5 Å². The summed E-state index contributed by atoms with van der Waals surface area (Å²) in [6, 6.07) is 9.11. The number of aliphatic hydroxyl groups excluding tert-OH is 1. The van der Waals surface area contributed by atoms with Gasteiger partial charge in [-0.2, -0.15) is 0 Å². The monoisotopic (exact) mass is 511 g/mol. The number of carbonyl (C=O) groups is 3. The Labute approximate surface area is 218 Å². The molecule has 36 heavy (non-hydrogen) atoms. The normalized spacial score (nSPS) is 30.2. The summed E-state index contributed by atoms with van der Waals surface area (Å²) in [5.74, 6) is -1.20. The highest BCUT2D eigenvalue weighted by atomic mass is 32.2. The Kier molecular flexibility index (Phi) is 7.95. The number of amides is 3. The van der Waals surface area contributed by atoms with Crippen LogP contribution in [-0.2, 0) is 20.9 Å². The summed E-state index contributed by atoms with van der Waals surface area (Å²) in [5, 5.41) is 9.57. The molecule has 0 aliphatic carbocycles. The van der Waals surface area contributed by atoms with E-state index < -0.39 is 22.6 Å². The van der Waals surface area contributed by atoms with E-state index in [0.717, 1.165) is 12.0 Å². The molecule has 1 spiro atoms. The first-order valence-electron chi connectivity index (χ1n) is 12.7. The number of hydrogen-bond acceptors (Lipinski definition) is 5. The van der Waals surface area contributed by atoms with E-state index in [9.17, 15) is 19.5 Å². The Morgan fingerprint density at radius 1 is 1.19 bits per heavy atom. The molecule has 1 aromatic carbocycles. The first-order chi connectivity index (χ1) is 17.3. The zero-order valence-corrected chi connectivity index (χ0v) is 22.0. The number of hydrogen-bond donors (Lipinski definition) is 1. The van der Waals surface area contributed by atoms with E-state index in [2.05, 4.69) is 20.1 Å². The SMILES string of the molecule is C=CCN(C)C(=O)[C@@H]1[C@@H]2CC(C)C3(S2)C(C(=O)N(CC=C)Cc2ccccc2)N(CCCO)C(=O)[C@H]13. The lowest BCUT2D eigenvalue weighted by molar-refractivity contribution is -0.144. The number of likely N-dealkylation sites (tertiary alicyclic amines) is 1. The van der Waals surface area contributed by atoms with Gasteiger partial charge in [0.1, 0.15) is 6.04 Å². The van der Waals surface area contributed by atoms with Crippen LogP contribution in [0.5, 0.6) is 0 Å². The van der Waals surface area contributed by atoms with Crippen LogP contribution in [0.25, 0.3) is 0 Å². The van der Waals surface area contributed by atoms with Gasteiger partial charge in [-0.15, -0.1) is 24.9 Å². The molecule has 3 aliphatic rings. The Morgan fingerprint density at radius 2 is 1.89 bits per heavy atom. The molecular formula is C28H37N3O4S. The first kappa shape index (κ1) is 26.5. The summed E-state index contributed by atoms with van der Waals surface area (Å²) in [6.07, 6.45) is 4.58. The second-order valence-corrected chi connectivity index (χ2v) is 11.7. The third-order valence-corrected chi connectivity index (χ3v) is 10.1. The molecular weight excluding hydrogens is 474 g/mol. The van der Waals surface area contributed by atoms with Gasteiger partial charge >= 0.3 is 0 Å². The average Bonchev–Trinajstić information content (AvgIpc) is 3.46. The molecule has 0 aromatic heterocycles. The fraction of sp³-hybridized carbons (Fsp3) is 0.536. The van der Waals surface area contributed by atoms with Gasteiger partial charge in [-0.3, -0.25) is 14.4 Å². The zero-order chi connectivity index (χ0) is 26.0. The Bertz CT molecular complexity index is 1020. The predicted molar refractivity (Wildman–Crippen MR) is 142 cm³/mol. The quantitative estimate of drug-likeness (QED) is 0.462. The lowest BCUT2D eigenvalue weighted by Crippen LogP contribution is -2.57. The molecule has 3 saturated heterocycles. The summed E-state index contributed by atoms with van der Waals surface area (Å²) in [6.45, 7) is 11.1. The van der Waals surface area contributed by atoms with Crippen molar-refractivity contribution in [3.63, 3.8) is 0 Å². The van der Waals surface area contributed by atoms with Gasteiger partial charge in [-0.25, -0.2) is 0 Å². The molecule has 8 heteroatoms. The van der Waals surface area contributed by atoms with Gasteiger partial charge in [0.05, 0.1) is 16.6 Å². The van der Waals surface area contributed by atoms with Crippen LogP contribution in [0.4, 0.5) is 0 Å². The molecule has 7 nitrogen and oxygen atoms in total. The molecule has 194 valence electrons. The molecule has 3 fully saturated rings. The first-order valence-corrected chi connectivity index (χ1v) is 13.6. The van der Waals surface area contributed by atoms with Gasteiger partial charge in [0.25, 0.3) is 0 Å². The lowest BCUT2D eigenvalue weighted by Gasteiger charge is -2.41. The molecule has 0 radical (unpaired) electrons. The zero-order valence-electron chi connectivity index (χ0n) is 21.2. The molecule has 3 aliphatic heterocycles. The molecule has 3 unspecified atom stereocenters. The fourth-order valence-electron chi connectivity index (χ4n) is 6.47. The van der Waals surface area contributed by atoms with Gasteiger partial charge in [0, 0.05) is 45.1 Å². The Hall–Kier alpha value is -2.58. The average molecular weight is 512 g/mol. The summed E-state index contributed by atoms with van der Waals surface area (Å²) in [7, 11) is 1.74. The largest absolute Gasteiger partial charge is 0.396 e. The molecule has 3 amide bonds. The minimum Gasteiger partial charge on any atom is -0.396 e. The molecule has 1 N–H and O–H groups in total. The van der Waals surface area contributed by atoms with Crippen molar-refractivity contribution in [2.24, 2.45) is 17.8 Å². The van der Waals surface area contributed by atoms with Crippen LogP contribution in [-0.4, -0.2) is 86.9 Å². The standard InChI is InChI=1S/C28H37N3O4S/c1-5-13-29(4)25(33)22-21-17-19(3)28(36-21)23(22)26(34)31(15-10-16-32)24(28)27(35)30(14-6-2)18-20-11-8-7-9-12-20/h5-9,11-12,19,21-24,32H,1-2,10,13-18H2,3-4H3/t19?,21-,22+,23-,24?,28?/m0/s1. The molecule has 0 saturated carbocycles. The van der Waals surface area contributed by atoms with Crippen LogP contribution in [0.2, 0.25) is 0 Å². The van der Waals surface area contributed by atoms with Crippen molar-refractivity contribution < 1.29 is 19.5 Å². The smallest absolute Gasteiger partial charge is 0.247 e. The van der Waals surface area contributed by atoms with E-state index >= 15 is 0 Å². The number of nitrogens with zero attached hydrogens (tertiary/aromatic N) is 3. The van der Waals surface area contributed by atoms with Crippen molar-refractivity contribution >= 4 is 29.5 Å². The minimum absolute atomic E-state index is 0.00554. The summed E-state index contributed by atoms with van der Waals surface area (Å²) in [4.78, 5) is 47.0. The second kappa shape index (κ2) is 10.8. The van der Waals surface area contributed by atoms with E-state index in [1.54, 1.807) is 45.7 Å². The maximum absolute atomic E-state index is 14.3. The van der Waals surface area contributed by atoms with Gasteiger partial charge in [-0.05, 0) is 24.3 Å². The van der Waals surface area contributed by atoms with Crippen LogP contribution in [0.15, 0.2) is 55.6 Å². The Balaban J connectivity index is 1.74. The van der Waals surface area contributed by atoms with E-state index in [0.29, 0.717) is 32.6 Å². The topological polar surface area (TPSA) is 81.2 Å². The number of carbonyl (C=O) groups excluding carboxylic acids is 3. The molecule has 2 bridgehead atoms. The van der Waals surface area contributed by atoms with Gasteiger partial charge in [0.15, 0.2) is 0 Å². The molecule has 1 aromatic rings. The van der Waals surface area contributed by atoms with Gasteiger partial charge < -0.3 is 19.8 Å². The lowest BCUT2D eigenvalue weighted by atomic mass is 9.65. The predicted octanol–water partition coefficient (Wildman–Crippen LogP) is 2.57. The number of rotatable bonds is 11. The highest BCUT2D eigenvalue weighted by molar-refractivity contribution is 8.02. The summed E-state index contributed by atoms with van der Waals surface area (Å²) < 4.78 is -0.667. The van der Waals surface area contributed by atoms with Gasteiger partial charge in [-0.1, -0.05) is 49.4 Å².